The molecule has 1 nitrogen and oxygen atoms in total. The maximum absolute atomic E-state index is 2.55. The molecule has 1 heterocycles. The van der Waals surface area contributed by atoms with E-state index >= 15 is 0 Å². The van der Waals surface area contributed by atoms with Gasteiger partial charge in [0.1, 0.15) is 0 Å². The molecular formula is C49H41N. The Kier molecular flexibility index (Phi) is 7.32. The van der Waals surface area contributed by atoms with Gasteiger partial charge in [-0.1, -0.05) is 165 Å². The van der Waals surface area contributed by atoms with Crippen LogP contribution in [0.5, 0.6) is 0 Å². The lowest BCUT2D eigenvalue weighted by molar-refractivity contribution is 0.741. The SMILES string of the molecule is Cc1ccc2c(c1)-c1c(CCn3c4ccccc4c4cc(-c5ccc(C(C)C)cc5)ccc43)cccc1C2(c1ccccc1)c1ccccc1. The van der Waals surface area contributed by atoms with Gasteiger partial charge in [-0.2, -0.15) is 0 Å². The van der Waals surface area contributed by atoms with Crippen LogP contribution in [0.4, 0.5) is 0 Å². The molecule has 1 heteroatoms. The number of para-hydroxylation sites is 1. The molecule has 0 N–H and O–H groups in total. The number of nitrogens with zero attached hydrogens (tertiary/aromatic N) is 1. The van der Waals surface area contributed by atoms with Gasteiger partial charge in [-0.15, -0.1) is 0 Å². The molecule has 7 aromatic carbocycles. The lowest BCUT2D eigenvalue weighted by atomic mass is 9.67. The first-order chi connectivity index (χ1) is 24.5. The summed E-state index contributed by atoms with van der Waals surface area (Å²) in [4.78, 5) is 0. The van der Waals surface area contributed by atoms with Crippen molar-refractivity contribution in [3.8, 4) is 22.3 Å². The van der Waals surface area contributed by atoms with Crippen LogP contribution >= 0.6 is 0 Å². The summed E-state index contributed by atoms with van der Waals surface area (Å²) in [6.07, 6.45) is 0.933. The number of aryl methyl sites for hydroxylation is 3. The molecular weight excluding hydrogens is 603 g/mol. The van der Waals surface area contributed by atoms with E-state index in [2.05, 4.69) is 189 Å². The van der Waals surface area contributed by atoms with Crippen LogP contribution in [0.1, 0.15) is 58.7 Å². The number of aromatic nitrogens is 1. The van der Waals surface area contributed by atoms with E-state index in [1.54, 1.807) is 0 Å². The van der Waals surface area contributed by atoms with Gasteiger partial charge in [0.05, 0.1) is 5.41 Å². The van der Waals surface area contributed by atoms with Gasteiger partial charge in [-0.3, -0.25) is 0 Å². The van der Waals surface area contributed by atoms with Crippen LogP contribution < -0.4 is 0 Å². The minimum atomic E-state index is -0.381. The summed E-state index contributed by atoms with van der Waals surface area (Å²) >= 11 is 0. The number of fused-ring (bicyclic) bond motifs is 6. The van der Waals surface area contributed by atoms with Gasteiger partial charge in [0, 0.05) is 28.4 Å². The highest BCUT2D eigenvalue weighted by Gasteiger charge is 2.46. The number of hydrogen-bond acceptors (Lipinski definition) is 0. The van der Waals surface area contributed by atoms with Crippen molar-refractivity contribution in [2.45, 2.75) is 45.1 Å². The summed E-state index contributed by atoms with van der Waals surface area (Å²) in [7, 11) is 0. The van der Waals surface area contributed by atoms with Crippen molar-refractivity contribution in [2.75, 3.05) is 0 Å². The normalized spacial score (nSPS) is 13.2. The Morgan fingerprint density at radius 3 is 1.92 bits per heavy atom. The van der Waals surface area contributed by atoms with Crippen molar-refractivity contribution < 1.29 is 0 Å². The molecule has 0 radical (unpaired) electrons. The van der Waals surface area contributed by atoms with Crippen molar-refractivity contribution in [3.05, 3.63) is 203 Å². The summed E-state index contributed by atoms with van der Waals surface area (Å²) in [5.74, 6) is 0.529. The van der Waals surface area contributed by atoms with E-state index in [0.29, 0.717) is 5.92 Å². The van der Waals surface area contributed by atoms with Crippen LogP contribution in [-0.2, 0) is 18.4 Å². The quantitative estimate of drug-likeness (QED) is 0.163. The first-order valence-corrected chi connectivity index (χ1v) is 18.0. The maximum atomic E-state index is 2.55. The lowest BCUT2D eigenvalue weighted by Gasteiger charge is -2.34. The van der Waals surface area contributed by atoms with Gasteiger partial charge >= 0.3 is 0 Å². The summed E-state index contributed by atoms with van der Waals surface area (Å²) < 4.78 is 2.55. The summed E-state index contributed by atoms with van der Waals surface area (Å²) in [5, 5.41) is 2.63. The first kappa shape index (κ1) is 30.4. The van der Waals surface area contributed by atoms with Crippen LogP contribution in [0.2, 0.25) is 0 Å². The van der Waals surface area contributed by atoms with E-state index < -0.39 is 0 Å². The molecule has 0 aliphatic heterocycles. The van der Waals surface area contributed by atoms with Gasteiger partial charge in [-0.05, 0) is 93.1 Å². The van der Waals surface area contributed by atoms with Gasteiger partial charge in [0.2, 0.25) is 0 Å². The number of hydrogen-bond donors (Lipinski definition) is 0. The third-order valence-electron chi connectivity index (χ3n) is 11.1. The average molecular weight is 644 g/mol. The Morgan fingerprint density at radius 2 is 1.20 bits per heavy atom. The van der Waals surface area contributed by atoms with Crippen molar-refractivity contribution in [1.29, 1.82) is 0 Å². The molecule has 0 bridgehead atoms. The van der Waals surface area contributed by atoms with E-state index in [1.807, 2.05) is 0 Å². The van der Waals surface area contributed by atoms with Crippen molar-refractivity contribution in [2.24, 2.45) is 0 Å². The van der Waals surface area contributed by atoms with Gasteiger partial charge in [0.25, 0.3) is 0 Å². The average Bonchev–Trinajstić information content (AvgIpc) is 3.64. The molecule has 0 atom stereocenters. The van der Waals surface area contributed by atoms with E-state index in [4.69, 9.17) is 0 Å². The highest BCUT2D eigenvalue weighted by Crippen LogP contribution is 2.57. The third-order valence-corrected chi connectivity index (χ3v) is 11.1. The number of rotatable bonds is 7. The predicted molar refractivity (Wildman–Crippen MR) is 211 cm³/mol. The lowest BCUT2D eigenvalue weighted by Crippen LogP contribution is -2.28. The Bertz CT molecular complexity index is 2460. The molecule has 1 aliphatic rings. The van der Waals surface area contributed by atoms with Crippen LogP contribution in [0.15, 0.2) is 164 Å². The molecule has 0 saturated carbocycles. The van der Waals surface area contributed by atoms with E-state index in [9.17, 15) is 0 Å². The Labute approximate surface area is 295 Å². The highest BCUT2D eigenvalue weighted by atomic mass is 15.0. The van der Waals surface area contributed by atoms with Gasteiger partial charge < -0.3 is 4.57 Å². The Balaban J connectivity index is 1.18. The van der Waals surface area contributed by atoms with Crippen molar-refractivity contribution in [3.63, 3.8) is 0 Å². The first-order valence-electron chi connectivity index (χ1n) is 18.0. The molecule has 8 aromatic rings. The molecule has 0 amide bonds. The fourth-order valence-electron chi connectivity index (χ4n) is 8.71. The maximum Gasteiger partial charge on any atom is 0.0713 e. The standard InChI is InChI=1S/C49H41N/c1-33(2)35-22-24-36(25-23-35)38-26-28-47-42(32-38)41-18-10-11-20-46(41)50(47)30-29-37-13-12-19-45-48(37)43-31-34(3)21-27-44(43)49(45,39-14-6-4-7-15-39)40-16-8-5-9-17-40/h4-28,31-33H,29-30H2,1-3H3. The molecule has 9 rings (SSSR count). The fourth-order valence-corrected chi connectivity index (χ4v) is 8.71. The minimum Gasteiger partial charge on any atom is -0.340 e. The second-order valence-corrected chi connectivity index (χ2v) is 14.3. The molecule has 0 fully saturated rings. The summed E-state index contributed by atoms with van der Waals surface area (Å²) in [6.45, 7) is 7.62. The van der Waals surface area contributed by atoms with Gasteiger partial charge in [-0.25, -0.2) is 0 Å². The second kappa shape index (κ2) is 12.0. The van der Waals surface area contributed by atoms with Crippen molar-refractivity contribution >= 4 is 21.8 Å². The monoisotopic (exact) mass is 643 g/mol. The fraction of sp³-hybridized carbons (Fsp3) is 0.143. The Morgan fingerprint density at radius 1 is 0.540 bits per heavy atom. The van der Waals surface area contributed by atoms with E-state index in [0.717, 1.165) is 13.0 Å². The van der Waals surface area contributed by atoms with Crippen LogP contribution in [-0.4, -0.2) is 4.57 Å². The van der Waals surface area contributed by atoms with E-state index in [-0.39, 0.29) is 5.41 Å². The third kappa shape index (κ3) is 4.68. The number of benzene rings is 7. The van der Waals surface area contributed by atoms with Crippen LogP contribution in [0.3, 0.4) is 0 Å². The minimum absolute atomic E-state index is 0.381. The molecule has 1 aromatic heterocycles. The smallest absolute Gasteiger partial charge is 0.0713 e. The molecule has 0 unspecified atom stereocenters. The second-order valence-electron chi connectivity index (χ2n) is 14.3. The van der Waals surface area contributed by atoms with E-state index in [1.165, 1.54) is 83.0 Å². The summed E-state index contributed by atoms with van der Waals surface area (Å²) in [6, 6.07) is 61.4. The van der Waals surface area contributed by atoms with Gasteiger partial charge in [0.15, 0.2) is 0 Å². The van der Waals surface area contributed by atoms with Crippen molar-refractivity contribution in [1.82, 2.24) is 4.57 Å². The molecule has 242 valence electrons. The predicted octanol–water partition coefficient (Wildman–Crippen LogP) is 12.5. The zero-order valence-electron chi connectivity index (χ0n) is 29.0. The molecule has 0 saturated heterocycles. The highest BCUT2D eigenvalue weighted by molar-refractivity contribution is 6.09. The largest absolute Gasteiger partial charge is 0.340 e. The molecule has 1 aliphatic carbocycles. The molecule has 50 heavy (non-hydrogen) atoms. The molecule has 0 spiro atoms. The van der Waals surface area contributed by atoms with Crippen LogP contribution in [0, 0.1) is 6.92 Å². The zero-order valence-corrected chi connectivity index (χ0v) is 29.0. The summed E-state index contributed by atoms with van der Waals surface area (Å²) in [5.41, 5.74) is 16.9. The Hall–Kier alpha value is -5.66. The topological polar surface area (TPSA) is 4.93 Å². The zero-order chi connectivity index (χ0) is 33.8. The van der Waals surface area contributed by atoms with Crippen LogP contribution in [0.25, 0.3) is 44.1 Å².